The van der Waals surface area contributed by atoms with Crippen LogP contribution in [0.4, 0.5) is 0 Å². The molecule has 0 radical (unpaired) electrons. The van der Waals surface area contributed by atoms with E-state index in [1.54, 1.807) is 35.5 Å². The molecule has 0 aliphatic carbocycles. The van der Waals surface area contributed by atoms with Gasteiger partial charge in [-0.2, -0.15) is 0 Å². The Labute approximate surface area is 133 Å². The molecular weight excluding hydrogens is 292 g/mol. The molecule has 3 aromatic rings. The average Bonchev–Trinajstić information content (AvgIpc) is 2.59. The summed E-state index contributed by atoms with van der Waals surface area (Å²) in [7, 11) is 0. The molecule has 0 N–H and O–H groups in total. The van der Waals surface area contributed by atoms with Crippen molar-refractivity contribution < 1.29 is 9.21 Å². The molecule has 3 rings (SSSR count). The standard InChI is InChI=1S/C18H16N2O3/c1-2-20(12-13-7-9-19-10-8-13)17(21)15-11-14-5-3-4-6-16(14)23-18(15)22/h3-11H,2,12H2,1H3. The van der Waals surface area contributed by atoms with Crippen LogP contribution in [0.5, 0.6) is 0 Å². The van der Waals surface area contributed by atoms with Gasteiger partial charge in [0.1, 0.15) is 11.1 Å². The van der Waals surface area contributed by atoms with Crippen LogP contribution < -0.4 is 5.63 Å². The smallest absolute Gasteiger partial charge is 0.349 e. The highest BCUT2D eigenvalue weighted by Crippen LogP contribution is 2.14. The van der Waals surface area contributed by atoms with Gasteiger partial charge in [-0.1, -0.05) is 18.2 Å². The fraction of sp³-hybridized carbons (Fsp3) is 0.167. The Kier molecular flexibility index (Phi) is 4.19. The second kappa shape index (κ2) is 6.44. The van der Waals surface area contributed by atoms with Crippen LogP contribution >= 0.6 is 0 Å². The van der Waals surface area contributed by atoms with Crippen LogP contribution in [0.1, 0.15) is 22.8 Å². The molecule has 116 valence electrons. The van der Waals surface area contributed by atoms with Crippen molar-refractivity contribution in [2.45, 2.75) is 13.5 Å². The highest BCUT2D eigenvalue weighted by molar-refractivity contribution is 5.96. The fourth-order valence-corrected chi connectivity index (χ4v) is 2.42. The molecule has 1 aromatic carbocycles. The summed E-state index contributed by atoms with van der Waals surface area (Å²) in [6.45, 7) is 2.79. The summed E-state index contributed by atoms with van der Waals surface area (Å²) in [5.41, 5.74) is 0.882. The summed E-state index contributed by atoms with van der Waals surface area (Å²) >= 11 is 0. The van der Waals surface area contributed by atoms with Crippen LogP contribution in [0.25, 0.3) is 11.0 Å². The van der Waals surface area contributed by atoms with Crippen LogP contribution in [0, 0.1) is 0 Å². The van der Waals surface area contributed by atoms with E-state index in [1.807, 2.05) is 31.2 Å². The third-order valence-electron chi connectivity index (χ3n) is 3.66. The van der Waals surface area contributed by atoms with Gasteiger partial charge in [-0.05, 0) is 36.8 Å². The van der Waals surface area contributed by atoms with Crippen LogP contribution in [0.3, 0.4) is 0 Å². The quantitative estimate of drug-likeness (QED) is 0.695. The molecule has 0 atom stereocenters. The van der Waals surface area contributed by atoms with Crippen molar-refractivity contribution in [3.8, 4) is 0 Å². The predicted octanol–water partition coefficient (Wildman–Crippen LogP) is 2.85. The molecule has 0 saturated heterocycles. The van der Waals surface area contributed by atoms with Gasteiger partial charge in [0.25, 0.3) is 5.91 Å². The average molecular weight is 308 g/mol. The van der Waals surface area contributed by atoms with Crippen molar-refractivity contribution in [3.63, 3.8) is 0 Å². The molecule has 5 nitrogen and oxygen atoms in total. The van der Waals surface area contributed by atoms with Crippen molar-refractivity contribution in [2.24, 2.45) is 0 Å². The molecule has 0 saturated carbocycles. The SMILES string of the molecule is CCN(Cc1ccncc1)C(=O)c1cc2ccccc2oc1=O. The molecule has 0 bridgehead atoms. The Morgan fingerprint density at radius 1 is 1.17 bits per heavy atom. The molecule has 0 aliphatic rings. The molecule has 2 aromatic heterocycles. The van der Waals surface area contributed by atoms with E-state index in [0.717, 1.165) is 10.9 Å². The number of para-hydroxylation sites is 1. The third-order valence-corrected chi connectivity index (χ3v) is 3.66. The summed E-state index contributed by atoms with van der Waals surface area (Å²) < 4.78 is 5.25. The summed E-state index contributed by atoms with van der Waals surface area (Å²) in [6, 6.07) is 12.4. The zero-order chi connectivity index (χ0) is 16.2. The van der Waals surface area contributed by atoms with Gasteiger partial charge in [-0.25, -0.2) is 4.79 Å². The molecule has 2 heterocycles. The minimum absolute atomic E-state index is 0.0552. The Hall–Kier alpha value is -2.95. The second-order valence-corrected chi connectivity index (χ2v) is 5.16. The lowest BCUT2D eigenvalue weighted by Crippen LogP contribution is -2.33. The number of carbonyl (C=O) groups is 1. The van der Waals surface area contributed by atoms with Gasteiger partial charge in [0.05, 0.1) is 0 Å². The maximum absolute atomic E-state index is 12.7. The zero-order valence-corrected chi connectivity index (χ0v) is 12.7. The molecule has 0 unspecified atom stereocenters. The number of aromatic nitrogens is 1. The summed E-state index contributed by atoms with van der Waals surface area (Å²) in [5.74, 6) is -0.330. The summed E-state index contributed by atoms with van der Waals surface area (Å²) in [5, 5.41) is 0.732. The van der Waals surface area contributed by atoms with Gasteiger partial charge >= 0.3 is 5.63 Å². The van der Waals surface area contributed by atoms with E-state index in [9.17, 15) is 9.59 Å². The lowest BCUT2D eigenvalue weighted by Gasteiger charge is -2.20. The van der Waals surface area contributed by atoms with Gasteiger partial charge in [-0.15, -0.1) is 0 Å². The Balaban J connectivity index is 1.94. The molecule has 23 heavy (non-hydrogen) atoms. The Morgan fingerprint density at radius 2 is 1.91 bits per heavy atom. The van der Waals surface area contributed by atoms with Crippen LogP contribution in [0.2, 0.25) is 0 Å². The predicted molar refractivity (Wildman–Crippen MR) is 87.1 cm³/mol. The van der Waals surface area contributed by atoms with E-state index in [4.69, 9.17) is 4.42 Å². The van der Waals surface area contributed by atoms with Gasteiger partial charge in [0.2, 0.25) is 0 Å². The first kappa shape index (κ1) is 15.0. The van der Waals surface area contributed by atoms with Crippen molar-refractivity contribution >= 4 is 16.9 Å². The normalized spacial score (nSPS) is 10.7. The van der Waals surface area contributed by atoms with E-state index in [0.29, 0.717) is 18.7 Å². The largest absolute Gasteiger partial charge is 0.422 e. The first-order valence-corrected chi connectivity index (χ1v) is 7.40. The monoisotopic (exact) mass is 308 g/mol. The van der Waals surface area contributed by atoms with Gasteiger partial charge < -0.3 is 9.32 Å². The number of nitrogens with zero attached hydrogens (tertiary/aromatic N) is 2. The Morgan fingerprint density at radius 3 is 2.65 bits per heavy atom. The fourth-order valence-electron chi connectivity index (χ4n) is 2.42. The lowest BCUT2D eigenvalue weighted by atomic mass is 10.1. The van der Waals surface area contributed by atoms with Gasteiger partial charge in [0.15, 0.2) is 0 Å². The number of rotatable bonds is 4. The van der Waals surface area contributed by atoms with Crippen LogP contribution in [-0.4, -0.2) is 22.3 Å². The number of benzene rings is 1. The maximum Gasteiger partial charge on any atom is 0.349 e. The molecule has 0 spiro atoms. The van der Waals surface area contributed by atoms with Crippen molar-refractivity contribution in [3.05, 3.63) is 76.4 Å². The second-order valence-electron chi connectivity index (χ2n) is 5.16. The topological polar surface area (TPSA) is 63.4 Å². The highest BCUT2D eigenvalue weighted by atomic mass is 16.4. The number of hydrogen-bond donors (Lipinski definition) is 0. The molecule has 0 aliphatic heterocycles. The number of fused-ring (bicyclic) bond motifs is 1. The van der Waals surface area contributed by atoms with Crippen LogP contribution in [-0.2, 0) is 6.54 Å². The van der Waals surface area contributed by atoms with Gasteiger partial charge in [-0.3, -0.25) is 9.78 Å². The van der Waals surface area contributed by atoms with E-state index in [1.165, 1.54) is 0 Å². The van der Waals surface area contributed by atoms with Crippen LogP contribution in [0.15, 0.2) is 64.1 Å². The van der Waals surface area contributed by atoms with E-state index < -0.39 is 5.63 Å². The lowest BCUT2D eigenvalue weighted by molar-refractivity contribution is 0.0748. The number of carbonyl (C=O) groups excluding carboxylic acids is 1. The van der Waals surface area contributed by atoms with E-state index >= 15 is 0 Å². The zero-order valence-electron chi connectivity index (χ0n) is 12.7. The molecular formula is C18H16N2O3. The minimum atomic E-state index is -0.609. The highest BCUT2D eigenvalue weighted by Gasteiger charge is 2.19. The summed E-state index contributed by atoms with van der Waals surface area (Å²) in [4.78, 5) is 30.4. The molecule has 5 heteroatoms. The number of hydrogen-bond acceptors (Lipinski definition) is 4. The molecule has 1 amide bonds. The van der Waals surface area contributed by atoms with Crippen molar-refractivity contribution in [1.82, 2.24) is 9.88 Å². The minimum Gasteiger partial charge on any atom is -0.422 e. The summed E-state index contributed by atoms with van der Waals surface area (Å²) in [6.07, 6.45) is 3.36. The maximum atomic E-state index is 12.7. The van der Waals surface area contributed by atoms with Crippen molar-refractivity contribution in [2.75, 3.05) is 6.54 Å². The first-order chi connectivity index (χ1) is 11.2. The number of amides is 1. The Bertz CT molecular complexity index is 887. The first-order valence-electron chi connectivity index (χ1n) is 7.40. The third kappa shape index (κ3) is 3.13. The molecule has 0 fully saturated rings. The van der Waals surface area contributed by atoms with E-state index in [2.05, 4.69) is 4.98 Å². The van der Waals surface area contributed by atoms with E-state index in [-0.39, 0.29) is 11.5 Å². The van der Waals surface area contributed by atoms with Gasteiger partial charge in [0, 0.05) is 30.9 Å². The van der Waals surface area contributed by atoms with Crippen molar-refractivity contribution in [1.29, 1.82) is 0 Å². The number of pyridine rings is 1.